The summed E-state index contributed by atoms with van der Waals surface area (Å²) in [5, 5.41) is 21.3. The smallest absolute Gasteiger partial charge is 0.260 e. The molecule has 12 aromatic heterocycles. The van der Waals surface area contributed by atoms with E-state index in [9.17, 15) is 24.0 Å². The van der Waals surface area contributed by atoms with Crippen LogP contribution in [0.2, 0.25) is 20.1 Å². The molecule has 0 unspecified atom stereocenters. The van der Waals surface area contributed by atoms with Gasteiger partial charge in [0.1, 0.15) is 28.6 Å². The van der Waals surface area contributed by atoms with Gasteiger partial charge < -0.3 is 41.3 Å². The normalized spacial score (nSPS) is 15.7. The van der Waals surface area contributed by atoms with Crippen molar-refractivity contribution in [3.05, 3.63) is 279 Å². The number of anilines is 4. The topological polar surface area (TPSA) is 330 Å². The fourth-order valence-electron chi connectivity index (χ4n) is 20.2. The number of carbonyl (C=O) groups excluding carboxylic acids is 1. The van der Waals surface area contributed by atoms with Crippen LogP contribution in [0.5, 0.6) is 0 Å². The Balaban J connectivity index is 0.000000135. The summed E-state index contributed by atoms with van der Waals surface area (Å²) < 4.78 is 6.70. The van der Waals surface area contributed by atoms with Gasteiger partial charge in [-0.2, -0.15) is 19.9 Å². The van der Waals surface area contributed by atoms with Gasteiger partial charge in [-0.25, -0.2) is 19.9 Å². The minimum absolute atomic E-state index is 0.0675. The number of benzene rings is 4. The number of likely N-dealkylation sites (tertiary alicyclic amines) is 2. The highest BCUT2D eigenvalue weighted by Gasteiger charge is 2.29. The van der Waals surface area contributed by atoms with Gasteiger partial charge in [0.15, 0.2) is 0 Å². The van der Waals surface area contributed by atoms with E-state index in [1.54, 1.807) is 49.1 Å². The molecule has 4 aliphatic rings. The van der Waals surface area contributed by atoms with Gasteiger partial charge in [0.2, 0.25) is 29.7 Å². The predicted molar refractivity (Wildman–Crippen MR) is 605 cm³/mol. The molecule has 15 heterocycles. The van der Waals surface area contributed by atoms with Crippen molar-refractivity contribution in [1.82, 2.24) is 98.1 Å². The Morgan fingerprint density at radius 3 is 1.01 bits per heavy atom. The van der Waals surface area contributed by atoms with Crippen molar-refractivity contribution in [1.29, 1.82) is 0 Å². The van der Waals surface area contributed by atoms with Crippen LogP contribution < -0.4 is 48.8 Å². The second kappa shape index (κ2) is 49.2. The van der Waals surface area contributed by atoms with Crippen molar-refractivity contribution < 1.29 is 4.79 Å². The number of fused-ring (bicyclic) bond motifs is 4. The molecule has 0 bridgehead atoms. The van der Waals surface area contributed by atoms with Crippen LogP contribution in [-0.4, -0.2) is 191 Å². The first-order valence-electron chi connectivity index (χ1n) is 52.0. The van der Waals surface area contributed by atoms with Crippen molar-refractivity contribution in [3.8, 4) is 89.5 Å². The van der Waals surface area contributed by atoms with Crippen LogP contribution in [0.4, 0.5) is 23.8 Å². The van der Waals surface area contributed by atoms with Gasteiger partial charge in [-0.3, -0.25) is 62.2 Å². The van der Waals surface area contributed by atoms with E-state index in [-0.39, 0.29) is 34.2 Å². The molecule has 20 rings (SSSR count). The van der Waals surface area contributed by atoms with E-state index in [2.05, 4.69) is 114 Å². The lowest BCUT2D eigenvalue weighted by Gasteiger charge is -2.29. The van der Waals surface area contributed by atoms with Gasteiger partial charge in [-0.1, -0.05) is 119 Å². The molecule has 1 amide bonds. The van der Waals surface area contributed by atoms with Gasteiger partial charge in [-0.05, 0) is 321 Å². The minimum Gasteiger partial charge on any atom is -0.354 e. The molecule has 149 heavy (non-hydrogen) atoms. The second-order valence-electron chi connectivity index (χ2n) is 39.6. The summed E-state index contributed by atoms with van der Waals surface area (Å²) in [6, 6.07) is 53.5. The van der Waals surface area contributed by atoms with Crippen molar-refractivity contribution in [2.24, 2.45) is 17.8 Å². The maximum absolute atomic E-state index is 13.6. The Morgan fingerprint density at radius 2 is 0.678 bits per heavy atom. The Labute approximate surface area is 888 Å². The predicted octanol–water partition coefficient (Wildman–Crippen LogP) is 22.3. The highest BCUT2D eigenvalue weighted by molar-refractivity contribution is 6.35. The molecule has 0 spiro atoms. The molecule has 5 N–H and O–H groups in total. The fourth-order valence-corrected chi connectivity index (χ4v) is 21.4. The highest BCUT2D eigenvalue weighted by Crippen LogP contribution is 2.39. The zero-order valence-electron chi connectivity index (χ0n) is 86.8. The molecule has 3 saturated heterocycles. The van der Waals surface area contributed by atoms with Crippen LogP contribution in [0.25, 0.3) is 134 Å². The first kappa shape index (κ1) is 107. The summed E-state index contributed by atoms with van der Waals surface area (Å²) in [7, 11) is 8.65. The summed E-state index contributed by atoms with van der Waals surface area (Å²) in [6.45, 7) is 25.7. The van der Waals surface area contributed by atoms with E-state index < -0.39 is 0 Å². The summed E-state index contributed by atoms with van der Waals surface area (Å²) >= 11 is 26.8. The molecule has 0 radical (unpaired) electrons. The highest BCUT2D eigenvalue weighted by atomic mass is 35.5. The molecule has 16 aromatic rings. The Hall–Kier alpha value is -13.7. The zero-order chi connectivity index (χ0) is 105. The molecule has 1 aliphatic carbocycles. The van der Waals surface area contributed by atoms with E-state index in [1.807, 2.05) is 219 Å². The lowest BCUT2D eigenvalue weighted by atomic mass is 9.84. The van der Waals surface area contributed by atoms with Crippen molar-refractivity contribution in [2.45, 2.75) is 184 Å². The molecule has 772 valence electrons. The van der Waals surface area contributed by atoms with E-state index in [1.165, 1.54) is 64.5 Å². The molecule has 4 aromatic carbocycles. The third-order valence-electron chi connectivity index (χ3n) is 28.7. The zero-order valence-corrected chi connectivity index (χ0v) is 89.8. The van der Waals surface area contributed by atoms with Gasteiger partial charge in [0, 0.05) is 208 Å². The van der Waals surface area contributed by atoms with Crippen LogP contribution in [0.1, 0.15) is 140 Å². The van der Waals surface area contributed by atoms with Crippen molar-refractivity contribution >= 4 is 120 Å². The number of aryl methyl sites for hydroxylation is 8. The van der Waals surface area contributed by atoms with Crippen LogP contribution in [0.15, 0.2) is 214 Å². The number of piperidine rings is 3. The number of amides is 1. The van der Waals surface area contributed by atoms with Crippen LogP contribution >= 0.6 is 46.4 Å². The van der Waals surface area contributed by atoms with Crippen molar-refractivity contribution in [2.75, 3.05) is 102 Å². The average molecular weight is 2080 g/mol. The maximum Gasteiger partial charge on any atom is 0.260 e. The Bertz CT molecular complexity index is 7810. The summed E-state index contributed by atoms with van der Waals surface area (Å²) in [6.07, 6.45) is 23.0. The molecule has 33 heteroatoms. The summed E-state index contributed by atoms with van der Waals surface area (Å²) in [4.78, 5) is 129. The molecular weight excluding hydrogens is 1950 g/mol. The Kier molecular flexibility index (Phi) is 35.2. The summed E-state index contributed by atoms with van der Waals surface area (Å²) in [5.74, 6) is 4.29. The first-order valence-corrected chi connectivity index (χ1v) is 53.5. The minimum atomic E-state index is -0.387. The number of hydrogen-bond donors (Lipinski definition) is 5. The third kappa shape index (κ3) is 25.9. The number of rotatable bonds is 28. The van der Waals surface area contributed by atoms with Gasteiger partial charge in [0.05, 0.1) is 22.8 Å². The number of pyridine rings is 8. The Morgan fingerprint density at radius 1 is 0.356 bits per heavy atom. The standard InChI is InChI=1S/C31H37ClN6O.C30H35ClN6O.C29H33ClN6O.C26H25ClN6O2/c1-5-38-29-23(19-33-31(36-29)35-24-12-9-21(10-13-24)15-16-37(3)4)17-26(30(38)39)25-14-11-22(18-27(25)32)28-8-6-7-20(2)34-28;1-4-37-28-23(19-33-30(35-28)32-14-6-8-21-12-15-36(3)16-13-21)17-25(29(37)38)24-11-10-22(18-26(24)31)27-9-5-7-20(2)34-27;1-4-36-27-22(18-32-29(34-27)31-13-10-20-11-14-35(3)15-12-20)16-24(28(36)37)23-9-8-21(17-25(23)30)26-7-5-6-19(2)33-26;1-3-33-23-17(14-29-26(32-23)31-22-8-5-11-28-24(22)34)12-19(25(33)35)18-10-9-16(13-20(18)27)21-7-4-6-15(2)30-21/h6-8,11,14,17-19,21,24H,5,9-10,12-13,15-16H2,1-4H3,(H,33,35,36);5,7,9-11,17-19,21H,4,6,8,12-16H2,1-3H3,(H,32,33,35);5-9,16-18,20H,4,10-15H2,1-3H3,(H,31,32,34);4,6-7,9-10,12-14,22H,3,5,8,11H2,1-2H3,(H,28,34)(H,29,31,32)/t;;;22-/m...0/s1. The van der Waals surface area contributed by atoms with E-state index in [0.29, 0.717) is 162 Å². The fraction of sp³-hybridized carbons (Fsp3) is 0.371. The molecular formula is C116H130Cl4N24O5. The van der Waals surface area contributed by atoms with Crippen LogP contribution in [0.3, 0.4) is 0 Å². The molecule has 1 saturated carbocycles. The van der Waals surface area contributed by atoms with Gasteiger partial charge >= 0.3 is 0 Å². The van der Waals surface area contributed by atoms with Gasteiger partial charge in [-0.15, -0.1) is 0 Å². The number of halogens is 4. The monoisotopic (exact) mass is 2080 g/mol. The largest absolute Gasteiger partial charge is 0.354 e. The second-order valence-corrected chi connectivity index (χ2v) is 41.2. The van der Waals surface area contributed by atoms with E-state index in [4.69, 9.17) is 61.4 Å². The number of carbonyl (C=O) groups is 1. The SMILES string of the molecule is CCn1c(=O)c(-c2ccc(-c3cccc(C)n3)cc2Cl)cc2cnc(NC3CCC(CCN(C)C)CC3)nc21.CCn1c(=O)c(-c2ccc(-c3cccc(C)n3)cc2Cl)cc2cnc(NCCC3CCN(C)CC3)nc21.CCn1c(=O)c(-c2ccc(-c3cccc(C)n3)cc2Cl)cc2cnc(NCCCC3CCN(C)CC3)nc21.CCn1c(=O)c(-c2ccc(-c3cccc(C)n3)cc2Cl)cc2cnc(N[C@H]3CCCNC3=O)nc21. The molecule has 3 aliphatic heterocycles. The number of aromatic nitrogens is 16. The average Bonchev–Trinajstić information content (AvgIpc) is 0.773. The molecule has 4 fully saturated rings. The number of hydrogen-bond acceptors (Lipinski definition) is 24. The number of nitrogens with zero attached hydrogens (tertiary/aromatic N) is 19. The van der Waals surface area contributed by atoms with E-state index >= 15 is 0 Å². The summed E-state index contributed by atoms with van der Waals surface area (Å²) in [5.41, 5.74) is 17.4. The van der Waals surface area contributed by atoms with Crippen molar-refractivity contribution in [3.63, 3.8) is 0 Å². The molecule has 29 nitrogen and oxygen atoms in total. The van der Waals surface area contributed by atoms with Gasteiger partial charge in [0.25, 0.3) is 22.2 Å². The first-order chi connectivity index (χ1) is 72.1. The third-order valence-corrected chi connectivity index (χ3v) is 29.9. The molecule has 1 atom stereocenters. The maximum atomic E-state index is 13.6. The lowest BCUT2D eigenvalue weighted by molar-refractivity contribution is -0.123. The van der Waals surface area contributed by atoms with Crippen LogP contribution in [0, 0.1) is 45.4 Å². The quantitative estimate of drug-likeness (QED) is 0.0284. The van der Waals surface area contributed by atoms with Crippen LogP contribution in [-0.2, 0) is 31.0 Å². The number of nitrogens with one attached hydrogen (secondary N) is 5. The lowest BCUT2D eigenvalue weighted by Crippen LogP contribution is -2.44. The van der Waals surface area contributed by atoms with E-state index in [0.717, 1.165) is 167 Å².